The summed E-state index contributed by atoms with van der Waals surface area (Å²) < 4.78 is 5.81. The van der Waals surface area contributed by atoms with Gasteiger partial charge in [0, 0.05) is 11.8 Å². The minimum absolute atomic E-state index is 0. The molecule has 6 heteroatoms. The van der Waals surface area contributed by atoms with Gasteiger partial charge in [-0.1, -0.05) is 54.6 Å². The van der Waals surface area contributed by atoms with E-state index in [1.54, 1.807) is 6.92 Å². The lowest BCUT2D eigenvalue weighted by Gasteiger charge is -2.21. The molecule has 1 unspecified atom stereocenters. The molecule has 0 aliphatic heterocycles. The third-order valence-electron chi connectivity index (χ3n) is 4.04. The first kappa shape index (κ1) is 21.7. The van der Waals surface area contributed by atoms with Gasteiger partial charge in [-0.25, -0.2) is 4.99 Å². The van der Waals surface area contributed by atoms with Crippen LogP contribution in [0.4, 0.5) is 5.69 Å². The van der Waals surface area contributed by atoms with Crippen LogP contribution >= 0.6 is 24.0 Å². The molecule has 3 aromatic carbocycles. The van der Waals surface area contributed by atoms with Gasteiger partial charge >= 0.3 is 0 Å². The Morgan fingerprint density at radius 2 is 1.57 bits per heavy atom. The number of nitrogens with two attached hydrogens (primary N) is 1. The molecule has 0 fully saturated rings. The van der Waals surface area contributed by atoms with Crippen LogP contribution in [0.5, 0.6) is 11.5 Å². The summed E-state index contributed by atoms with van der Waals surface area (Å²) in [7, 11) is 0. The quantitative estimate of drug-likeness (QED) is 0.266. The van der Waals surface area contributed by atoms with E-state index in [0.29, 0.717) is 5.75 Å². The third-order valence-corrected chi connectivity index (χ3v) is 4.04. The van der Waals surface area contributed by atoms with E-state index in [0.717, 1.165) is 17.0 Å². The Balaban J connectivity index is 0.00000280. The Hall–Kier alpha value is -2.58. The molecule has 0 spiro atoms. The Morgan fingerprint density at radius 3 is 2.25 bits per heavy atom. The lowest BCUT2D eigenvalue weighted by Crippen LogP contribution is -2.29. The van der Waals surface area contributed by atoms with E-state index in [-0.39, 0.29) is 36.5 Å². The van der Waals surface area contributed by atoms with Gasteiger partial charge < -0.3 is 20.9 Å². The van der Waals surface area contributed by atoms with Gasteiger partial charge in [-0.2, -0.15) is 0 Å². The lowest BCUT2D eigenvalue weighted by atomic mass is 9.96. The van der Waals surface area contributed by atoms with Gasteiger partial charge in [-0.05, 0) is 36.8 Å². The predicted octanol–water partition coefficient (Wildman–Crippen LogP) is 4.73. The second-order valence-corrected chi connectivity index (χ2v) is 6.41. The van der Waals surface area contributed by atoms with E-state index in [9.17, 15) is 5.11 Å². The first-order valence-electron chi connectivity index (χ1n) is 8.71. The van der Waals surface area contributed by atoms with Crippen molar-refractivity contribution in [2.24, 2.45) is 10.7 Å². The smallest absolute Gasteiger partial charge is 0.193 e. The summed E-state index contributed by atoms with van der Waals surface area (Å²) in [5, 5.41) is 13.6. The second kappa shape index (κ2) is 10.1. The lowest BCUT2D eigenvalue weighted by molar-refractivity contribution is 0.0674. The number of nitrogens with one attached hydrogen (secondary N) is 1. The highest BCUT2D eigenvalue weighted by Gasteiger charge is 2.22. The van der Waals surface area contributed by atoms with Gasteiger partial charge in [0.25, 0.3) is 0 Å². The molecule has 0 aliphatic rings. The van der Waals surface area contributed by atoms with Gasteiger partial charge in [0.2, 0.25) is 0 Å². The van der Waals surface area contributed by atoms with Gasteiger partial charge in [0.05, 0.1) is 6.54 Å². The van der Waals surface area contributed by atoms with Crippen molar-refractivity contribution in [2.45, 2.75) is 12.5 Å². The van der Waals surface area contributed by atoms with Crippen LogP contribution in [0.15, 0.2) is 89.9 Å². The molecule has 0 radical (unpaired) electrons. The summed E-state index contributed by atoms with van der Waals surface area (Å²) in [6, 6.07) is 26.4. The molecule has 0 bridgehead atoms. The van der Waals surface area contributed by atoms with Crippen molar-refractivity contribution < 1.29 is 9.84 Å². The highest BCUT2D eigenvalue weighted by atomic mass is 127. The Labute approximate surface area is 182 Å². The van der Waals surface area contributed by atoms with Gasteiger partial charge in [-0.15, -0.1) is 24.0 Å². The van der Waals surface area contributed by atoms with Crippen LogP contribution in [0.25, 0.3) is 0 Å². The van der Waals surface area contributed by atoms with Crippen molar-refractivity contribution in [3.8, 4) is 11.5 Å². The van der Waals surface area contributed by atoms with Gasteiger partial charge in [0.15, 0.2) is 5.96 Å². The second-order valence-electron chi connectivity index (χ2n) is 6.41. The van der Waals surface area contributed by atoms with Crippen molar-refractivity contribution >= 4 is 35.6 Å². The van der Waals surface area contributed by atoms with Crippen molar-refractivity contribution in [3.63, 3.8) is 0 Å². The molecule has 3 rings (SSSR count). The monoisotopic (exact) mass is 489 g/mol. The predicted molar refractivity (Wildman–Crippen MR) is 124 cm³/mol. The van der Waals surface area contributed by atoms with Crippen LogP contribution in [0.2, 0.25) is 0 Å². The first-order chi connectivity index (χ1) is 13.0. The number of guanidine groups is 1. The average molecular weight is 489 g/mol. The summed E-state index contributed by atoms with van der Waals surface area (Å²) in [5.41, 5.74) is 6.43. The van der Waals surface area contributed by atoms with E-state index in [1.807, 2.05) is 84.9 Å². The molecule has 3 aromatic rings. The minimum Gasteiger partial charge on any atom is -0.457 e. The van der Waals surface area contributed by atoms with E-state index in [4.69, 9.17) is 10.5 Å². The highest BCUT2D eigenvalue weighted by Crippen LogP contribution is 2.24. The van der Waals surface area contributed by atoms with Crippen molar-refractivity contribution in [1.29, 1.82) is 0 Å². The summed E-state index contributed by atoms with van der Waals surface area (Å²) in [5.74, 6) is 1.67. The fourth-order valence-corrected chi connectivity index (χ4v) is 2.58. The summed E-state index contributed by atoms with van der Waals surface area (Å²) in [4.78, 5) is 4.27. The highest BCUT2D eigenvalue weighted by molar-refractivity contribution is 14.0. The Bertz CT molecular complexity index is 900. The molecule has 4 N–H and O–H groups in total. The van der Waals surface area contributed by atoms with Crippen LogP contribution in [0.1, 0.15) is 12.5 Å². The van der Waals surface area contributed by atoms with Crippen molar-refractivity contribution in [2.75, 3.05) is 11.9 Å². The standard InChI is InChI=1S/C22H23N3O2.HI/c1-22(26,17-9-4-2-5-10-17)16-24-21(23)25-18-11-8-14-20(15-18)27-19-12-6-3-7-13-19;/h2-15,26H,16H2,1H3,(H3,23,24,25);1H. The van der Waals surface area contributed by atoms with E-state index in [2.05, 4.69) is 10.3 Å². The first-order valence-corrected chi connectivity index (χ1v) is 8.71. The fourth-order valence-electron chi connectivity index (χ4n) is 2.58. The maximum Gasteiger partial charge on any atom is 0.193 e. The summed E-state index contributed by atoms with van der Waals surface area (Å²) in [6.07, 6.45) is 0. The minimum atomic E-state index is -1.09. The zero-order chi connectivity index (χ0) is 19.1. The van der Waals surface area contributed by atoms with Crippen LogP contribution in [-0.4, -0.2) is 17.6 Å². The maximum absolute atomic E-state index is 10.6. The number of aliphatic hydroxyl groups is 1. The van der Waals surface area contributed by atoms with Crippen LogP contribution in [-0.2, 0) is 5.60 Å². The zero-order valence-corrected chi connectivity index (χ0v) is 17.9. The molecule has 0 aliphatic carbocycles. The molecule has 5 nitrogen and oxygen atoms in total. The van der Waals surface area contributed by atoms with Crippen molar-refractivity contribution in [1.82, 2.24) is 0 Å². The largest absolute Gasteiger partial charge is 0.457 e. The number of ether oxygens (including phenoxy) is 1. The van der Waals surface area contributed by atoms with E-state index < -0.39 is 5.60 Å². The molecule has 1 atom stereocenters. The molecule has 0 heterocycles. The number of hydrogen-bond acceptors (Lipinski definition) is 3. The maximum atomic E-state index is 10.6. The van der Waals surface area contributed by atoms with E-state index in [1.165, 1.54) is 0 Å². The third kappa shape index (κ3) is 6.24. The summed E-state index contributed by atoms with van der Waals surface area (Å²) >= 11 is 0. The normalized spacial score (nSPS) is 13.1. The number of anilines is 1. The van der Waals surface area contributed by atoms with Crippen LogP contribution in [0, 0.1) is 0 Å². The number of nitrogens with zero attached hydrogens (tertiary/aromatic N) is 1. The summed E-state index contributed by atoms with van der Waals surface area (Å²) in [6.45, 7) is 1.86. The molecule has 0 amide bonds. The fraction of sp³-hybridized carbons (Fsp3) is 0.136. The van der Waals surface area contributed by atoms with E-state index >= 15 is 0 Å². The number of aliphatic imine (C=N–C) groups is 1. The number of para-hydroxylation sites is 1. The molecular weight excluding hydrogens is 465 g/mol. The van der Waals surface area contributed by atoms with Gasteiger partial charge in [-0.3, -0.25) is 0 Å². The Kier molecular flexibility index (Phi) is 7.83. The molecule has 0 saturated carbocycles. The average Bonchev–Trinajstić information content (AvgIpc) is 2.68. The number of rotatable bonds is 6. The Morgan fingerprint density at radius 1 is 0.964 bits per heavy atom. The molecular formula is C22H24IN3O2. The SMILES string of the molecule is CC(O)(CN=C(N)Nc1cccc(Oc2ccccc2)c1)c1ccccc1.I. The topological polar surface area (TPSA) is 79.9 Å². The zero-order valence-electron chi connectivity index (χ0n) is 15.6. The van der Waals surface area contributed by atoms with Crippen LogP contribution in [0.3, 0.4) is 0 Å². The molecule has 146 valence electrons. The van der Waals surface area contributed by atoms with Gasteiger partial charge in [0.1, 0.15) is 17.1 Å². The number of hydrogen-bond donors (Lipinski definition) is 3. The van der Waals surface area contributed by atoms with Crippen molar-refractivity contribution in [3.05, 3.63) is 90.5 Å². The molecule has 0 aromatic heterocycles. The molecule has 0 saturated heterocycles. The van der Waals surface area contributed by atoms with Crippen LogP contribution < -0.4 is 15.8 Å². The number of benzene rings is 3. The molecule has 28 heavy (non-hydrogen) atoms. The number of halogens is 1.